The Morgan fingerprint density at radius 3 is 2.37 bits per heavy atom. The zero-order valence-corrected chi connectivity index (χ0v) is 15.6. The van der Waals surface area contributed by atoms with E-state index in [1.165, 1.54) is 10.7 Å². The van der Waals surface area contributed by atoms with Gasteiger partial charge in [-0.2, -0.15) is 5.10 Å². The fourth-order valence-corrected chi connectivity index (χ4v) is 3.12. The summed E-state index contributed by atoms with van der Waals surface area (Å²) in [5.41, 5.74) is 9.44. The minimum absolute atomic E-state index is 0.0410. The van der Waals surface area contributed by atoms with E-state index in [1.54, 1.807) is 36.4 Å². The van der Waals surface area contributed by atoms with Crippen molar-refractivity contribution in [2.75, 3.05) is 0 Å². The minimum atomic E-state index is -0.987. The Labute approximate surface area is 167 Å². The molecule has 3 aromatic rings. The van der Waals surface area contributed by atoms with Crippen LogP contribution < -0.4 is 0 Å². The molecule has 2 aromatic carbocycles. The van der Waals surface area contributed by atoms with Gasteiger partial charge in [0.2, 0.25) is 0 Å². The summed E-state index contributed by atoms with van der Waals surface area (Å²) in [5.74, 6) is -0.987. The molecule has 0 aliphatic heterocycles. The second-order valence-electron chi connectivity index (χ2n) is 5.24. The monoisotopic (exact) mass is 419 g/mol. The highest BCUT2D eigenvalue weighted by atomic mass is 35.5. The van der Waals surface area contributed by atoms with Gasteiger partial charge in [-0.25, -0.2) is 4.68 Å². The first-order valence-electron chi connectivity index (χ1n) is 7.35. The van der Waals surface area contributed by atoms with Crippen molar-refractivity contribution in [1.82, 2.24) is 9.78 Å². The highest BCUT2D eigenvalue weighted by Gasteiger charge is 2.25. The van der Waals surface area contributed by atoms with Crippen LogP contribution in [0.25, 0.3) is 27.4 Å². The zero-order valence-electron chi connectivity index (χ0n) is 13.3. The molecule has 0 aliphatic rings. The Bertz CT molecular complexity index is 1100. The topological polar surface area (TPSA) is 101 Å². The molecule has 134 valence electrons. The molecule has 3 rings (SSSR count). The zero-order chi connectivity index (χ0) is 19.6. The smallest absolute Gasteiger partial charge is 0.270 e. The summed E-state index contributed by atoms with van der Waals surface area (Å²) >= 11 is 18.1. The van der Waals surface area contributed by atoms with Gasteiger partial charge in [0, 0.05) is 20.5 Å². The lowest BCUT2D eigenvalue weighted by atomic mass is 10.1. The molecular weight excluding hydrogens is 413 g/mol. The van der Waals surface area contributed by atoms with E-state index in [9.17, 15) is 9.59 Å². The Balaban J connectivity index is 2.37. The van der Waals surface area contributed by atoms with Crippen LogP contribution >= 0.6 is 34.8 Å². The Morgan fingerprint density at radius 2 is 1.78 bits per heavy atom. The van der Waals surface area contributed by atoms with Crippen LogP contribution in [-0.2, 0) is 0 Å². The van der Waals surface area contributed by atoms with Crippen molar-refractivity contribution in [3.63, 3.8) is 0 Å². The number of carbonyl (C=O) groups is 2. The van der Waals surface area contributed by atoms with Gasteiger partial charge in [0.05, 0.1) is 22.0 Å². The lowest BCUT2D eigenvalue weighted by Crippen LogP contribution is -2.02. The lowest BCUT2D eigenvalue weighted by Gasteiger charge is -2.10. The molecule has 0 unspecified atom stereocenters. The average molecular weight is 421 g/mol. The average Bonchev–Trinajstić information content (AvgIpc) is 3.02. The molecule has 0 bridgehead atoms. The van der Waals surface area contributed by atoms with Crippen molar-refractivity contribution >= 4 is 47.0 Å². The van der Waals surface area contributed by atoms with Crippen LogP contribution in [0.2, 0.25) is 15.1 Å². The number of aldehydes is 1. The molecule has 0 saturated carbocycles. The summed E-state index contributed by atoms with van der Waals surface area (Å²) in [6.07, 6.45) is 0.470. The van der Waals surface area contributed by atoms with Crippen LogP contribution in [-0.4, -0.2) is 22.0 Å². The van der Waals surface area contributed by atoms with Gasteiger partial charge in [0.25, 0.3) is 5.91 Å². The molecule has 0 saturated heterocycles. The van der Waals surface area contributed by atoms with Crippen molar-refractivity contribution in [2.45, 2.75) is 0 Å². The first kappa shape index (κ1) is 18.9. The van der Waals surface area contributed by atoms with E-state index in [0.29, 0.717) is 33.3 Å². The second-order valence-corrected chi connectivity index (χ2v) is 6.52. The minimum Gasteiger partial charge on any atom is -0.298 e. The molecule has 0 radical (unpaired) electrons. The number of hydrogen-bond donors (Lipinski definition) is 0. The van der Waals surface area contributed by atoms with Gasteiger partial charge >= 0.3 is 0 Å². The largest absolute Gasteiger partial charge is 0.298 e. The molecule has 27 heavy (non-hydrogen) atoms. The fourth-order valence-electron chi connectivity index (χ4n) is 2.50. The van der Waals surface area contributed by atoms with Gasteiger partial charge in [-0.1, -0.05) is 46.9 Å². The molecule has 0 aliphatic carbocycles. The molecule has 10 heteroatoms. The van der Waals surface area contributed by atoms with Crippen molar-refractivity contribution in [3.8, 4) is 16.9 Å². The SMILES string of the molecule is [N-]=[N+]=NC(=O)c1nn(-c2ccc(Cl)cc2Cl)c(-c2ccc(Cl)cc2)c1C=O. The molecule has 0 spiro atoms. The Morgan fingerprint density at radius 1 is 1.11 bits per heavy atom. The summed E-state index contributed by atoms with van der Waals surface area (Å²) in [6.45, 7) is 0. The number of rotatable bonds is 4. The number of carbonyl (C=O) groups excluding carboxylic acids is 2. The summed E-state index contributed by atoms with van der Waals surface area (Å²) < 4.78 is 1.33. The summed E-state index contributed by atoms with van der Waals surface area (Å²) in [5, 5.41) is 8.35. The molecular formula is C17H8Cl3N5O2. The van der Waals surface area contributed by atoms with E-state index in [1.807, 2.05) is 0 Å². The maximum absolute atomic E-state index is 12.1. The number of aromatic nitrogens is 2. The third-order valence-electron chi connectivity index (χ3n) is 3.63. The second kappa shape index (κ2) is 7.82. The normalized spacial score (nSPS) is 10.3. The van der Waals surface area contributed by atoms with Gasteiger partial charge in [-0.15, -0.1) is 0 Å². The number of benzene rings is 2. The van der Waals surface area contributed by atoms with Crippen LogP contribution in [0.15, 0.2) is 47.6 Å². The van der Waals surface area contributed by atoms with E-state index in [2.05, 4.69) is 15.1 Å². The van der Waals surface area contributed by atoms with Crippen LogP contribution in [0.3, 0.4) is 0 Å². The number of hydrogen-bond acceptors (Lipinski definition) is 3. The first-order chi connectivity index (χ1) is 13.0. The van der Waals surface area contributed by atoms with Gasteiger partial charge in [-0.3, -0.25) is 9.59 Å². The van der Waals surface area contributed by atoms with Crippen LogP contribution in [0, 0.1) is 0 Å². The van der Waals surface area contributed by atoms with Crippen LogP contribution in [0.5, 0.6) is 0 Å². The van der Waals surface area contributed by atoms with Crippen LogP contribution in [0.1, 0.15) is 20.8 Å². The van der Waals surface area contributed by atoms with Crippen molar-refractivity contribution in [1.29, 1.82) is 0 Å². The van der Waals surface area contributed by atoms with E-state index < -0.39 is 5.91 Å². The lowest BCUT2D eigenvalue weighted by molar-refractivity contribution is 0.0988. The standard InChI is InChI=1S/C17H8Cl3N5O2/c18-10-3-1-9(2-4-10)16-12(8-26)15(17(27)22-24-21)23-25(16)14-6-5-11(19)7-13(14)20/h1-8H. The molecule has 0 fully saturated rings. The predicted octanol–water partition coefficient (Wildman–Crippen LogP) is 5.76. The molecule has 1 heterocycles. The van der Waals surface area contributed by atoms with Gasteiger partial charge < -0.3 is 0 Å². The highest BCUT2D eigenvalue weighted by molar-refractivity contribution is 6.35. The van der Waals surface area contributed by atoms with E-state index in [-0.39, 0.29) is 16.3 Å². The quantitative estimate of drug-likeness (QED) is 0.232. The number of halogens is 3. The number of nitrogens with zero attached hydrogens (tertiary/aromatic N) is 5. The van der Waals surface area contributed by atoms with Crippen LogP contribution in [0.4, 0.5) is 0 Å². The van der Waals surface area contributed by atoms with E-state index in [0.717, 1.165) is 0 Å². The van der Waals surface area contributed by atoms with Gasteiger partial charge in [0.1, 0.15) is 5.69 Å². The summed E-state index contributed by atoms with van der Waals surface area (Å²) in [6, 6.07) is 11.3. The first-order valence-corrected chi connectivity index (χ1v) is 8.48. The Hall–Kier alpha value is -2.83. The highest BCUT2D eigenvalue weighted by Crippen LogP contribution is 2.33. The third-order valence-corrected chi connectivity index (χ3v) is 4.42. The fraction of sp³-hybridized carbons (Fsp3) is 0. The molecule has 1 aromatic heterocycles. The molecule has 0 atom stereocenters. The van der Waals surface area contributed by atoms with Crippen molar-refractivity contribution < 1.29 is 9.59 Å². The molecule has 1 amide bonds. The van der Waals surface area contributed by atoms with Gasteiger partial charge in [0.15, 0.2) is 6.29 Å². The van der Waals surface area contributed by atoms with E-state index in [4.69, 9.17) is 40.3 Å². The van der Waals surface area contributed by atoms with Crippen molar-refractivity contribution in [2.24, 2.45) is 5.11 Å². The maximum Gasteiger partial charge on any atom is 0.270 e. The van der Waals surface area contributed by atoms with Crippen molar-refractivity contribution in [3.05, 3.63) is 79.2 Å². The molecule has 7 nitrogen and oxygen atoms in total. The summed E-state index contributed by atoms with van der Waals surface area (Å²) in [4.78, 5) is 26.3. The Kier molecular flexibility index (Phi) is 5.48. The number of amides is 1. The third kappa shape index (κ3) is 3.67. The predicted molar refractivity (Wildman–Crippen MR) is 103 cm³/mol. The number of azide groups is 1. The van der Waals surface area contributed by atoms with Gasteiger partial charge in [-0.05, 0) is 41.0 Å². The maximum atomic E-state index is 12.1. The summed E-state index contributed by atoms with van der Waals surface area (Å²) in [7, 11) is 0. The molecule has 0 N–H and O–H groups in total. The van der Waals surface area contributed by atoms with E-state index >= 15 is 0 Å².